The maximum absolute atomic E-state index is 10.9. The van der Waals surface area contributed by atoms with Gasteiger partial charge in [0, 0.05) is 11.6 Å². The first-order valence-electron chi connectivity index (χ1n) is 3.89. The number of rotatable bonds is 0. The molecule has 0 N–H and O–H groups in total. The van der Waals surface area contributed by atoms with E-state index in [1.165, 1.54) is 0 Å². The van der Waals surface area contributed by atoms with E-state index in [9.17, 15) is 4.79 Å². The minimum atomic E-state index is -0.131. The molecule has 0 fully saturated rings. The van der Waals surface area contributed by atoms with Crippen LogP contribution in [0, 0.1) is 0 Å². The van der Waals surface area contributed by atoms with Gasteiger partial charge in [-0.3, -0.25) is 4.79 Å². The van der Waals surface area contributed by atoms with Crippen molar-refractivity contribution in [1.29, 1.82) is 0 Å². The van der Waals surface area contributed by atoms with Crippen LogP contribution in [0.1, 0.15) is 11.3 Å². The molecular formula is C9H10NO2+. The third kappa shape index (κ3) is 1.07. The Balaban J connectivity index is 2.48. The Hall–Kier alpha value is -1.38. The van der Waals surface area contributed by atoms with E-state index in [1.807, 2.05) is 29.9 Å². The summed E-state index contributed by atoms with van der Waals surface area (Å²) >= 11 is 0. The van der Waals surface area contributed by atoms with Crippen molar-refractivity contribution in [2.45, 2.75) is 13.0 Å². The fourth-order valence-corrected chi connectivity index (χ4v) is 1.41. The number of esters is 1. The molecule has 2 heterocycles. The van der Waals surface area contributed by atoms with Crippen molar-refractivity contribution in [2.75, 3.05) is 0 Å². The van der Waals surface area contributed by atoms with Gasteiger partial charge in [0.1, 0.15) is 7.05 Å². The first-order chi connectivity index (χ1) is 5.77. The SMILES string of the molecule is C[n+]1cccc2c1COC(=O)C2. The number of cyclic esters (lactones) is 1. The van der Waals surface area contributed by atoms with Gasteiger partial charge in [-0.1, -0.05) is 0 Å². The quantitative estimate of drug-likeness (QED) is 0.402. The Bertz CT molecular complexity index is 333. The number of aryl methyl sites for hydroxylation is 1. The number of ether oxygens (including phenoxy) is 1. The van der Waals surface area contributed by atoms with Gasteiger partial charge in [-0.2, -0.15) is 0 Å². The molecular weight excluding hydrogens is 154 g/mol. The van der Waals surface area contributed by atoms with Crippen molar-refractivity contribution < 1.29 is 14.1 Å². The molecule has 0 aromatic carbocycles. The van der Waals surface area contributed by atoms with E-state index in [2.05, 4.69) is 0 Å². The third-order valence-corrected chi connectivity index (χ3v) is 2.11. The molecule has 0 amide bonds. The summed E-state index contributed by atoms with van der Waals surface area (Å²) < 4.78 is 6.91. The summed E-state index contributed by atoms with van der Waals surface area (Å²) in [5.41, 5.74) is 2.17. The minimum Gasteiger partial charge on any atom is -0.454 e. The van der Waals surface area contributed by atoms with Crippen molar-refractivity contribution >= 4 is 5.97 Å². The second-order valence-corrected chi connectivity index (χ2v) is 2.93. The number of aromatic nitrogens is 1. The number of pyridine rings is 1. The van der Waals surface area contributed by atoms with Gasteiger partial charge in [-0.05, 0) is 6.07 Å². The monoisotopic (exact) mass is 164 g/mol. The molecule has 1 aliphatic heterocycles. The lowest BCUT2D eigenvalue weighted by Crippen LogP contribution is -2.37. The number of carbonyl (C=O) groups excluding carboxylic acids is 1. The van der Waals surface area contributed by atoms with E-state index in [4.69, 9.17) is 4.74 Å². The average Bonchev–Trinajstić information content (AvgIpc) is 2.04. The summed E-state index contributed by atoms with van der Waals surface area (Å²) in [5, 5.41) is 0. The van der Waals surface area contributed by atoms with Gasteiger partial charge >= 0.3 is 5.97 Å². The first kappa shape index (κ1) is 7.28. The molecule has 0 bridgehead atoms. The third-order valence-electron chi connectivity index (χ3n) is 2.11. The van der Waals surface area contributed by atoms with Crippen LogP contribution >= 0.6 is 0 Å². The number of hydrogen-bond donors (Lipinski definition) is 0. The van der Waals surface area contributed by atoms with Crippen LogP contribution in [0.4, 0.5) is 0 Å². The molecule has 0 aliphatic carbocycles. The summed E-state index contributed by atoms with van der Waals surface area (Å²) in [5.74, 6) is -0.131. The molecule has 1 aromatic heterocycles. The molecule has 0 spiro atoms. The summed E-state index contributed by atoms with van der Waals surface area (Å²) in [6, 6.07) is 3.91. The molecule has 0 unspecified atom stereocenters. The fraction of sp³-hybridized carbons (Fsp3) is 0.333. The second kappa shape index (κ2) is 2.59. The Labute approximate surface area is 70.6 Å². The van der Waals surface area contributed by atoms with Crippen molar-refractivity contribution in [3.05, 3.63) is 29.6 Å². The zero-order valence-corrected chi connectivity index (χ0v) is 6.91. The van der Waals surface area contributed by atoms with Crippen molar-refractivity contribution in [3.63, 3.8) is 0 Å². The topological polar surface area (TPSA) is 30.2 Å². The van der Waals surface area contributed by atoms with Crippen LogP contribution in [0.15, 0.2) is 18.3 Å². The lowest BCUT2D eigenvalue weighted by Gasteiger charge is -2.12. The van der Waals surface area contributed by atoms with Gasteiger partial charge in [0.2, 0.25) is 5.69 Å². The van der Waals surface area contributed by atoms with E-state index in [0.717, 1.165) is 11.3 Å². The molecule has 62 valence electrons. The molecule has 3 heteroatoms. The van der Waals surface area contributed by atoms with E-state index in [-0.39, 0.29) is 5.97 Å². The summed E-state index contributed by atoms with van der Waals surface area (Å²) in [6.07, 6.45) is 2.36. The van der Waals surface area contributed by atoms with Gasteiger partial charge in [0.25, 0.3) is 0 Å². The van der Waals surface area contributed by atoms with E-state index in [0.29, 0.717) is 13.0 Å². The standard InChI is InChI=1S/C9H10NO2/c1-10-4-2-3-7-5-9(11)12-6-8(7)10/h2-4H,5-6H2,1H3/q+1. The molecule has 1 aromatic rings. The smallest absolute Gasteiger partial charge is 0.311 e. The van der Waals surface area contributed by atoms with Crippen molar-refractivity contribution in [3.8, 4) is 0 Å². The van der Waals surface area contributed by atoms with Crippen molar-refractivity contribution in [2.24, 2.45) is 7.05 Å². The Kier molecular flexibility index (Phi) is 1.57. The zero-order chi connectivity index (χ0) is 8.55. The highest BCUT2D eigenvalue weighted by atomic mass is 16.5. The van der Waals surface area contributed by atoms with Crippen LogP contribution in [-0.2, 0) is 29.6 Å². The lowest BCUT2D eigenvalue weighted by molar-refractivity contribution is -0.681. The van der Waals surface area contributed by atoms with E-state index >= 15 is 0 Å². The second-order valence-electron chi connectivity index (χ2n) is 2.93. The van der Waals surface area contributed by atoms with Crippen LogP contribution in [0.3, 0.4) is 0 Å². The van der Waals surface area contributed by atoms with Gasteiger partial charge in [0.15, 0.2) is 12.8 Å². The normalized spacial score (nSPS) is 15.2. The maximum Gasteiger partial charge on any atom is 0.311 e. The van der Waals surface area contributed by atoms with Gasteiger partial charge < -0.3 is 4.74 Å². The highest BCUT2D eigenvalue weighted by molar-refractivity contribution is 5.73. The zero-order valence-electron chi connectivity index (χ0n) is 6.91. The number of hydrogen-bond acceptors (Lipinski definition) is 2. The first-order valence-corrected chi connectivity index (χ1v) is 3.89. The molecule has 1 aliphatic rings. The molecule has 2 rings (SSSR count). The van der Waals surface area contributed by atoms with E-state index in [1.54, 1.807) is 0 Å². The number of fused-ring (bicyclic) bond motifs is 1. The summed E-state index contributed by atoms with van der Waals surface area (Å²) in [6.45, 7) is 0.408. The number of nitrogens with zero attached hydrogens (tertiary/aromatic N) is 1. The number of carbonyl (C=O) groups is 1. The highest BCUT2D eigenvalue weighted by Crippen LogP contribution is 2.12. The Morgan fingerprint density at radius 3 is 3.25 bits per heavy atom. The summed E-state index contributed by atoms with van der Waals surface area (Å²) in [4.78, 5) is 10.9. The fourth-order valence-electron chi connectivity index (χ4n) is 1.41. The molecule has 3 nitrogen and oxygen atoms in total. The molecule has 0 radical (unpaired) electrons. The van der Waals surface area contributed by atoms with Gasteiger partial charge in [-0.25, -0.2) is 4.57 Å². The predicted octanol–water partition coefficient (Wildman–Crippen LogP) is 0.110. The highest BCUT2D eigenvalue weighted by Gasteiger charge is 2.22. The van der Waals surface area contributed by atoms with Gasteiger partial charge in [-0.15, -0.1) is 0 Å². The Morgan fingerprint density at radius 1 is 1.58 bits per heavy atom. The van der Waals surface area contributed by atoms with Crippen molar-refractivity contribution in [1.82, 2.24) is 0 Å². The maximum atomic E-state index is 10.9. The van der Waals surface area contributed by atoms with E-state index < -0.39 is 0 Å². The van der Waals surface area contributed by atoms with Gasteiger partial charge in [0.05, 0.1) is 6.42 Å². The Morgan fingerprint density at radius 2 is 2.42 bits per heavy atom. The largest absolute Gasteiger partial charge is 0.454 e. The molecule has 0 atom stereocenters. The van der Waals surface area contributed by atoms with Crippen LogP contribution in [0.2, 0.25) is 0 Å². The lowest BCUT2D eigenvalue weighted by atomic mass is 10.1. The van der Waals surface area contributed by atoms with Crippen LogP contribution in [-0.4, -0.2) is 5.97 Å². The van der Waals surface area contributed by atoms with Crippen LogP contribution in [0.25, 0.3) is 0 Å². The molecule has 0 saturated carbocycles. The molecule has 12 heavy (non-hydrogen) atoms. The van der Waals surface area contributed by atoms with Crippen LogP contribution in [0.5, 0.6) is 0 Å². The molecule has 0 saturated heterocycles. The van der Waals surface area contributed by atoms with Crippen LogP contribution < -0.4 is 4.57 Å². The predicted molar refractivity (Wildman–Crippen MR) is 41.1 cm³/mol. The minimum absolute atomic E-state index is 0.131. The summed E-state index contributed by atoms with van der Waals surface area (Å²) in [7, 11) is 1.96. The average molecular weight is 164 g/mol.